The Bertz CT molecular complexity index is 225. The van der Waals surface area contributed by atoms with E-state index in [0.29, 0.717) is 0 Å². The van der Waals surface area contributed by atoms with Crippen molar-refractivity contribution >= 4 is 5.97 Å². The van der Waals surface area contributed by atoms with Crippen molar-refractivity contribution in [3.8, 4) is 0 Å². The van der Waals surface area contributed by atoms with Crippen LogP contribution in [0, 0.1) is 0 Å². The SMILES string of the molecule is COC(=O)C1(C)CC2(CC2)NN1. The van der Waals surface area contributed by atoms with E-state index in [9.17, 15) is 4.79 Å². The second kappa shape index (κ2) is 2.20. The summed E-state index contributed by atoms with van der Waals surface area (Å²) in [6, 6.07) is 0. The van der Waals surface area contributed by atoms with Crippen molar-refractivity contribution in [1.82, 2.24) is 10.9 Å². The van der Waals surface area contributed by atoms with Gasteiger partial charge in [0.25, 0.3) is 0 Å². The molecule has 1 heterocycles. The van der Waals surface area contributed by atoms with Crippen molar-refractivity contribution in [2.75, 3.05) is 7.11 Å². The molecule has 2 fully saturated rings. The van der Waals surface area contributed by atoms with Crippen molar-refractivity contribution in [3.05, 3.63) is 0 Å². The summed E-state index contributed by atoms with van der Waals surface area (Å²) in [4.78, 5) is 11.3. The third-order valence-corrected chi connectivity index (χ3v) is 2.78. The molecule has 4 nitrogen and oxygen atoms in total. The molecule has 12 heavy (non-hydrogen) atoms. The van der Waals surface area contributed by atoms with Gasteiger partial charge in [0.1, 0.15) is 5.54 Å². The van der Waals surface area contributed by atoms with Crippen molar-refractivity contribution in [1.29, 1.82) is 0 Å². The molecule has 1 saturated carbocycles. The molecule has 2 aliphatic rings. The molecule has 1 aliphatic heterocycles. The second-order valence-electron chi connectivity index (χ2n) is 4.03. The van der Waals surface area contributed by atoms with Crippen LogP contribution in [0.5, 0.6) is 0 Å². The Morgan fingerprint density at radius 3 is 2.50 bits per heavy atom. The minimum Gasteiger partial charge on any atom is -0.468 e. The fourth-order valence-corrected chi connectivity index (χ4v) is 1.84. The van der Waals surface area contributed by atoms with Crippen LogP contribution < -0.4 is 10.9 Å². The lowest BCUT2D eigenvalue weighted by Crippen LogP contribution is -2.48. The average Bonchev–Trinajstić information content (AvgIpc) is 2.71. The summed E-state index contributed by atoms with van der Waals surface area (Å²) in [6.07, 6.45) is 3.16. The maximum absolute atomic E-state index is 11.3. The van der Waals surface area contributed by atoms with Gasteiger partial charge in [0.2, 0.25) is 0 Å². The van der Waals surface area contributed by atoms with E-state index in [1.54, 1.807) is 0 Å². The van der Waals surface area contributed by atoms with Crippen LogP contribution in [0.2, 0.25) is 0 Å². The quantitative estimate of drug-likeness (QED) is 0.542. The minimum absolute atomic E-state index is 0.182. The van der Waals surface area contributed by atoms with Crippen LogP contribution in [0.25, 0.3) is 0 Å². The highest BCUT2D eigenvalue weighted by atomic mass is 16.5. The van der Waals surface area contributed by atoms with Crippen molar-refractivity contribution in [2.45, 2.75) is 37.3 Å². The Morgan fingerprint density at radius 1 is 1.42 bits per heavy atom. The minimum atomic E-state index is -0.523. The Hall–Kier alpha value is -0.610. The molecule has 0 radical (unpaired) electrons. The van der Waals surface area contributed by atoms with E-state index >= 15 is 0 Å². The fourth-order valence-electron chi connectivity index (χ4n) is 1.84. The van der Waals surface area contributed by atoms with E-state index in [1.165, 1.54) is 7.11 Å². The van der Waals surface area contributed by atoms with Crippen LogP contribution in [0.15, 0.2) is 0 Å². The third kappa shape index (κ3) is 1.03. The molecule has 2 N–H and O–H groups in total. The second-order valence-corrected chi connectivity index (χ2v) is 4.03. The first-order valence-corrected chi connectivity index (χ1v) is 4.23. The van der Waals surface area contributed by atoms with E-state index < -0.39 is 5.54 Å². The number of hydrazine groups is 1. The predicted molar refractivity (Wildman–Crippen MR) is 43.3 cm³/mol. The van der Waals surface area contributed by atoms with E-state index in [2.05, 4.69) is 10.9 Å². The molecular formula is C8H14N2O2. The predicted octanol–water partition coefficient (Wildman–Crippen LogP) is -0.0514. The van der Waals surface area contributed by atoms with Gasteiger partial charge in [-0.3, -0.25) is 10.2 Å². The highest BCUT2D eigenvalue weighted by Gasteiger charge is 2.56. The number of esters is 1. The van der Waals surface area contributed by atoms with Gasteiger partial charge in [-0.15, -0.1) is 0 Å². The molecule has 4 heteroatoms. The third-order valence-electron chi connectivity index (χ3n) is 2.78. The number of carbonyl (C=O) groups excluding carboxylic acids is 1. The zero-order valence-corrected chi connectivity index (χ0v) is 7.44. The molecule has 68 valence electrons. The Balaban J connectivity index is 2.08. The summed E-state index contributed by atoms with van der Waals surface area (Å²) in [7, 11) is 1.42. The summed E-state index contributed by atoms with van der Waals surface area (Å²) in [6.45, 7) is 1.87. The molecule has 1 aliphatic carbocycles. The molecule has 1 saturated heterocycles. The zero-order valence-electron chi connectivity index (χ0n) is 7.44. The first-order chi connectivity index (χ1) is 5.60. The topological polar surface area (TPSA) is 50.4 Å². The van der Waals surface area contributed by atoms with E-state index in [-0.39, 0.29) is 11.5 Å². The van der Waals surface area contributed by atoms with Gasteiger partial charge < -0.3 is 4.74 Å². The van der Waals surface area contributed by atoms with E-state index in [0.717, 1.165) is 19.3 Å². The van der Waals surface area contributed by atoms with Crippen LogP contribution >= 0.6 is 0 Å². The molecule has 1 spiro atoms. The summed E-state index contributed by atoms with van der Waals surface area (Å²) in [5.41, 5.74) is 5.85. The molecule has 1 atom stereocenters. The number of hydrogen-bond acceptors (Lipinski definition) is 4. The highest BCUT2D eigenvalue weighted by Crippen LogP contribution is 2.45. The van der Waals surface area contributed by atoms with Crippen molar-refractivity contribution in [2.24, 2.45) is 0 Å². The Morgan fingerprint density at radius 2 is 2.08 bits per heavy atom. The van der Waals surface area contributed by atoms with Gasteiger partial charge in [-0.1, -0.05) is 0 Å². The Kier molecular flexibility index (Phi) is 1.47. The summed E-state index contributed by atoms with van der Waals surface area (Å²) >= 11 is 0. The Labute approximate surface area is 71.6 Å². The number of carbonyl (C=O) groups is 1. The summed E-state index contributed by atoms with van der Waals surface area (Å²) in [5, 5.41) is 0. The van der Waals surface area contributed by atoms with Crippen LogP contribution in [-0.2, 0) is 9.53 Å². The molecule has 0 bridgehead atoms. The summed E-state index contributed by atoms with van der Waals surface area (Å²) in [5.74, 6) is -0.182. The van der Waals surface area contributed by atoms with Gasteiger partial charge in [-0.2, -0.15) is 0 Å². The standard InChI is InChI=1S/C8H14N2O2/c1-7(6(11)12-2)5-8(3-4-8)10-9-7/h9-10H,3-5H2,1-2H3. The maximum atomic E-state index is 11.3. The highest BCUT2D eigenvalue weighted by molar-refractivity contribution is 5.81. The largest absolute Gasteiger partial charge is 0.468 e. The molecule has 0 aromatic heterocycles. The smallest absolute Gasteiger partial charge is 0.327 e. The van der Waals surface area contributed by atoms with Crippen molar-refractivity contribution < 1.29 is 9.53 Å². The molecule has 2 rings (SSSR count). The molecule has 0 amide bonds. The normalized spacial score (nSPS) is 36.8. The van der Waals surface area contributed by atoms with Crippen LogP contribution in [-0.4, -0.2) is 24.2 Å². The number of methoxy groups -OCH3 is 1. The van der Waals surface area contributed by atoms with Gasteiger partial charge in [-0.25, -0.2) is 5.43 Å². The molecule has 1 unspecified atom stereocenters. The van der Waals surface area contributed by atoms with Gasteiger partial charge in [0, 0.05) is 5.54 Å². The van der Waals surface area contributed by atoms with Crippen LogP contribution in [0.3, 0.4) is 0 Å². The maximum Gasteiger partial charge on any atom is 0.327 e. The lowest BCUT2D eigenvalue weighted by atomic mass is 9.95. The van der Waals surface area contributed by atoms with Crippen molar-refractivity contribution in [3.63, 3.8) is 0 Å². The fraction of sp³-hybridized carbons (Fsp3) is 0.875. The lowest BCUT2D eigenvalue weighted by molar-refractivity contribution is -0.147. The van der Waals surface area contributed by atoms with E-state index in [1.807, 2.05) is 6.92 Å². The van der Waals surface area contributed by atoms with Gasteiger partial charge in [-0.05, 0) is 26.2 Å². The van der Waals surface area contributed by atoms with Gasteiger partial charge in [0.15, 0.2) is 0 Å². The first-order valence-electron chi connectivity index (χ1n) is 4.23. The number of ether oxygens (including phenoxy) is 1. The first kappa shape index (κ1) is 8.01. The number of hydrogen-bond donors (Lipinski definition) is 2. The lowest BCUT2D eigenvalue weighted by Gasteiger charge is -2.19. The molecule has 0 aromatic carbocycles. The number of nitrogens with one attached hydrogen (secondary N) is 2. The van der Waals surface area contributed by atoms with E-state index in [4.69, 9.17) is 4.74 Å². The number of rotatable bonds is 1. The zero-order chi connectivity index (χ0) is 8.82. The van der Waals surface area contributed by atoms with Gasteiger partial charge >= 0.3 is 5.97 Å². The molecular weight excluding hydrogens is 156 g/mol. The van der Waals surface area contributed by atoms with Crippen LogP contribution in [0.1, 0.15) is 26.2 Å². The average molecular weight is 170 g/mol. The van der Waals surface area contributed by atoms with Crippen LogP contribution in [0.4, 0.5) is 0 Å². The molecule has 0 aromatic rings. The monoisotopic (exact) mass is 170 g/mol. The summed E-state index contributed by atoms with van der Waals surface area (Å²) < 4.78 is 4.72. The van der Waals surface area contributed by atoms with Gasteiger partial charge in [0.05, 0.1) is 7.11 Å².